The van der Waals surface area contributed by atoms with E-state index in [0.29, 0.717) is 28.6 Å². The van der Waals surface area contributed by atoms with Crippen LogP contribution < -0.4 is 11.1 Å². The predicted octanol–water partition coefficient (Wildman–Crippen LogP) is 2.84. The molecule has 1 heterocycles. The van der Waals surface area contributed by atoms with E-state index in [4.69, 9.17) is 21.9 Å². The molecule has 0 spiro atoms. The highest BCUT2D eigenvalue weighted by atomic mass is 35.5. The summed E-state index contributed by atoms with van der Waals surface area (Å²) in [6.45, 7) is 5.36. The van der Waals surface area contributed by atoms with Gasteiger partial charge < -0.3 is 15.6 Å². The van der Waals surface area contributed by atoms with Crippen molar-refractivity contribution in [3.8, 4) is 11.4 Å². The number of rotatable bonds is 6. The first-order valence-corrected chi connectivity index (χ1v) is 7.54. The average molecular weight is 322 g/mol. The highest BCUT2D eigenvalue weighted by molar-refractivity contribution is 6.30. The van der Waals surface area contributed by atoms with E-state index in [1.807, 2.05) is 12.1 Å². The molecule has 0 atom stereocenters. The molecule has 6 nitrogen and oxygen atoms in total. The van der Waals surface area contributed by atoms with E-state index >= 15 is 0 Å². The molecule has 2 aromatic rings. The number of aromatic nitrogens is 2. The van der Waals surface area contributed by atoms with Crippen molar-refractivity contribution in [3.63, 3.8) is 0 Å². The number of aliphatic imine (C=N–C) groups is 1. The lowest BCUT2D eigenvalue weighted by atomic mass is 10.1. The average Bonchev–Trinajstić information content (AvgIpc) is 2.93. The summed E-state index contributed by atoms with van der Waals surface area (Å²) in [5.41, 5.74) is 6.58. The van der Waals surface area contributed by atoms with E-state index in [0.717, 1.165) is 18.5 Å². The number of halogens is 1. The van der Waals surface area contributed by atoms with Gasteiger partial charge in [-0.2, -0.15) is 4.98 Å². The van der Waals surface area contributed by atoms with Gasteiger partial charge in [0.15, 0.2) is 5.96 Å². The number of hydrogen-bond donors (Lipinski definition) is 2. The van der Waals surface area contributed by atoms with E-state index in [9.17, 15) is 0 Å². The van der Waals surface area contributed by atoms with Crippen molar-refractivity contribution in [2.24, 2.45) is 16.6 Å². The van der Waals surface area contributed by atoms with Crippen LogP contribution in [0.2, 0.25) is 5.02 Å². The maximum absolute atomic E-state index is 5.94. The Morgan fingerprint density at radius 2 is 2.27 bits per heavy atom. The third kappa shape index (κ3) is 5.04. The number of nitrogens with one attached hydrogen (secondary N) is 1. The zero-order chi connectivity index (χ0) is 15.9. The van der Waals surface area contributed by atoms with E-state index in [1.165, 1.54) is 0 Å². The fraction of sp³-hybridized carbons (Fsp3) is 0.400. The molecule has 0 aliphatic heterocycles. The lowest BCUT2D eigenvalue weighted by Crippen LogP contribution is -2.32. The van der Waals surface area contributed by atoms with Crippen LogP contribution in [0, 0.1) is 5.92 Å². The Morgan fingerprint density at radius 3 is 3.00 bits per heavy atom. The molecule has 0 aliphatic rings. The lowest BCUT2D eigenvalue weighted by Gasteiger charge is -2.06. The Hall–Kier alpha value is -2.08. The fourth-order valence-electron chi connectivity index (χ4n) is 1.76. The van der Waals surface area contributed by atoms with Crippen LogP contribution >= 0.6 is 11.6 Å². The highest BCUT2D eigenvalue weighted by Gasteiger charge is 2.08. The highest BCUT2D eigenvalue weighted by Crippen LogP contribution is 2.19. The molecule has 0 radical (unpaired) electrons. The molecule has 0 aliphatic carbocycles. The fourth-order valence-corrected chi connectivity index (χ4v) is 1.95. The molecule has 2 rings (SSSR count). The van der Waals surface area contributed by atoms with Crippen LogP contribution in [-0.4, -0.2) is 22.6 Å². The number of nitrogens with two attached hydrogens (primary N) is 1. The van der Waals surface area contributed by atoms with Crippen molar-refractivity contribution in [1.29, 1.82) is 0 Å². The topological polar surface area (TPSA) is 89.3 Å². The van der Waals surface area contributed by atoms with Gasteiger partial charge in [-0.1, -0.05) is 42.7 Å². The van der Waals surface area contributed by atoms with Crippen molar-refractivity contribution < 1.29 is 4.52 Å². The second-order valence-corrected chi connectivity index (χ2v) is 5.77. The minimum absolute atomic E-state index is 0.244. The van der Waals surface area contributed by atoms with Gasteiger partial charge in [0, 0.05) is 17.1 Å². The summed E-state index contributed by atoms with van der Waals surface area (Å²) in [4.78, 5) is 8.45. The van der Waals surface area contributed by atoms with E-state index in [1.54, 1.807) is 12.1 Å². The number of benzene rings is 1. The largest absolute Gasteiger partial charge is 0.370 e. The molecule has 0 unspecified atom stereocenters. The predicted molar refractivity (Wildman–Crippen MR) is 87.5 cm³/mol. The van der Waals surface area contributed by atoms with E-state index in [2.05, 4.69) is 34.3 Å². The normalized spacial score (nSPS) is 11.9. The van der Waals surface area contributed by atoms with E-state index < -0.39 is 0 Å². The van der Waals surface area contributed by atoms with Gasteiger partial charge in [-0.3, -0.25) is 0 Å². The number of nitrogens with zero attached hydrogens (tertiary/aromatic N) is 3. The standard InChI is InChI=1S/C15H20ClN5O/c1-10(2)6-7-18-15(17)19-9-13-20-14(21-22-13)11-4-3-5-12(16)8-11/h3-5,8,10H,6-7,9H2,1-2H3,(H3,17,18,19). The van der Waals surface area contributed by atoms with Crippen LogP contribution in [0.5, 0.6) is 0 Å². The van der Waals surface area contributed by atoms with Crippen LogP contribution in [0.25, 0.3) is 11.4 Å². The zero-order valence-electron chi connectivity index (χ0n) is 12.7. The smallest absolute Gasteiger partial charge is 0.248 e. The Labute approximate surface area is 134 Å². The van der Waals surface area contributed by atoms with Gasteiger partial charge in [0.25, 0.3) is 0 Å². The second-order valence-electron chi connectivity index (χ2n) is 5.33. The van der Waals surface area contributed by atoms with Gasteiger partial charge >= 0.3 is 0 Å². The third-order valence-electron chi connectivity index (χ3n) is 2.96. The molecule has 1 aromatic heterocycles. The molecule has 0 saturated carbocycles. The summed E-state index contributed by atoms with van der Waals surface area (Å²) in [6, 6.07) is 7.27. The van der Waals surface area contributed by atoms with Crippen LogP contribution in [-0.2, 0) is 6.54 Å². The van der Waals surface area contributed by atoms with Gasteiger partial charge in [-0.25, -0.2) is 4.99 Å². The molecular formula is C15H20ClN5O. The summed E-state index contributed by atoms with van der Waals surface area (Å²) in [6.07, 6.45) is 1.04. The van der Waals surface area contributed by atoms with Crippen molar-refractivity contribution >= 4 is 17.6 Å². The van der Waals surface area contributed by atoms with Gasteiger partial charge in [0.1, 0.15) is 6.54 Å². The Morgan fingerprint density at radius 1 is 1.45 bits per heavy atom. The van der Waals surface area contributed by atoms with Gasteiger partial charge in [-0.05, 0) is 24.5 Å². The molecule has 0 saturated heterocycles. The lowest BCUT2D eigenvalue weighted by molar-refractivity contribution is 0.381. The van der Waals surface area contributed by atoms with Crippen LogP contribution in [0.3, 0.4) is 0 Å². The van der Waals surface area contributed by atoms with Crippen molar-refractivity contribution in [2.75, 3.05) is 6.54 Å². The Bertz CT molecular complexity index is 638. The zero-order valence-corrected chi connectivity index (χ0v) is 13.5. The molecule has 22 heavy (non-hydrogen) atoms. The SMILES string of the molecule is CC(C)CCNC(N)=NCc1nc(-c2cccc(Cl)c2)no1. The summed E-state index contributed by atoms with van der Waals surface area (Å²) < 4.78 is 5.16. The van der Waals surface area contributed by atoms with Gasteiger partial charge in [-0.15, -0.1) is 0 Å². The minimum Gasteiger partial charge on any atom is -0.370 e. The first kappa shape index (κ1) is 16.3. The molecule has 1 aromatic carbocycles. The van der Waals surface area contributed by atoms with E-state index in [-0.39, 0.29) is 6.54 Å². The molecule has 118 valence electrons. The molecule has 0 fully saturated rings. The maximum atomic E-state index is 5.94. The number of guanidine groups is 1. The first-order valence-electron chi connectivity index (χ1n) is 7.17. The quantitative estimate of drug-likeness (QED) is 0.630. The van der Waals surface area contributed by atoms with Crippen molar-refractivity contribution in [3.05, 3.63) is 35.2 Å². The summed E-state index contributed by atoms with van der Waals surface area (Å²) in [5, 5.41) is 7.59. The van der Waals surface area contributed by atoms with Gasteiger partial charge in [0.05, 0.1) is 0 Å². The Kier molecular flexibility index (Phi) is 5.77. The Balaban J connectivity index is 1.92. The molecule has 0 amide bonds. The maximum Gasteiger partial charge on any atom is 0.248 e. The first-order chi connectivity index (χ1) is 10.5. The summed E-state index contributed by atoms with van der Waals surface area (Å²) in [5.74, 6) is 1.89. The third-order valence-corrected chi connectivity index (χ3v) is 3.20. The van der Waals surface area contributed by atoms with Crippen LogP contribution in [0.1, 0.15) is 26.2 Å². The second kappa shape index (κ2) is 7.79. The monoisotopic (exact) mass is 321 g/mol. The van der Waals surface area contributed by atoms with Crippen molar-refractivity contribution in [2.45, 2.75) is 26.8 Å². The van der Waals surface area contributed by atoms with Crippen LogP contribution in [0.4, 0.5) is 0 Å². The minimum atomic E-state index is 0.244. The summed E-state index contributed by atoms with van der Waals surface area (Å²) >= 11 is 5.94. The van der Waals surface area contributed by atoms with Crippen LogP contribution in [0.15, 0.2) is 33.8 Å². The molecule has 3 N–H and O–H groups in total. The molecular weight excluding hydrogens is 302 g/mol. The number of hydrogen-bond acceptors (Lipinski definition) is 4. The van der Waals surface area contributed by atoms with Crippen molar-refractivity contribution in [1.82, 2.24) is 15.5 Å². The molecule has 0 bridgehead atoms. The van der Waals surface area contributed by atoms with Gasteiger partial charge in [0.2, 0.25) is 11.7 Å². The summed E-state index contributed by atoms with van der Waals surface area (Å²) in [7, 11) is 0. The molecule has 7 heteroatoms.